The SMILES string of the molecule is CCC.CCC1CC(CC)C(C(C)(C)CC(C)(C)C)C1. The summed E-state index contributed by atoms with van der Waals surface area (Å²) in [5, 5.41) is 0. The van der Waals surface area contributed by atoms with Gasteiger partial charge in [0.1, 0.15) is 0 Å². The van der Waals surface area contributed by atoms with E-state index in [1.807, 2.05) is 0 Å². The van der Waals surface area contributed by atoms with Gasteiger partial charge in [-0.05, 0) is 47.8 Å². The first-order valence-electron chi connectivity index (χ1n) is 9.11. The molecule has 0 aromatic rings. The van der Waals surface area contributed by atoms with Crippen molar-refractivity contribution in [3.05, 3.63) is 0 Å². The molecule has 0 aromatic heterocycles. The lowest BCUT2D eigenvalue weighted by molar-refractivity contribution is 0.0981. The van der Waals surface area contributed by atoms with Gasteiger partial charge in [0.25, 0.3) is 0 Å². The quantitative estimate of drug-likeness (QED) is 0.506. The average molecular weight is 283 g/mol. The van der Waals surface area contributed by atoms with Crippen molar-refractivity contribution in [2.45, 2.75) is 101 Å². The van der Waals surface area contributed by atoms with E-state index in [-0.39, 0.29) is 0 Å². The molecule has 0 aromatic carbocycles. The van der Waals surface area contributed by atoms with E-state index in [0.717, 1.165) is 17.8 Å². The maximum Gasteiger partial charge on any atom is -0.0318 e. The summed E-state index contributed by atoms with van der Waals surface area (Å²) in [6.07, 6.45) is 8.36. The van der Waals surface area contributed by atoms with Crippen LogP contribution in [0.4, 0.5) is 0 Å². The summed E-state index contributed by atoms with van der Waals surface area (Å²) < 4.78 is 0. The first-order valence-corrected chi connectivity index (χ1v) is 9.11. The Morgan fingerprint density at radius 2 is 1.30 bits per heavy atom. The molecule has 1 saturated carbocycles. The van der Waals surface area contributed by atoms with Crippen molar-refractivity contribution in [1.82, 2.24) is 0 Å². The average Bonchev–Trinajstić information content (AvgIpc) is 2.70. The molecule has 0 nitrogen and oxygen atoms in total. The van der Waals surface area contributed by atoms with E-state index in [9.17, 15) is 0 Å². The first kappa shape index (κ1) is 20.0. The van der Waals surface area contributed by atoms with Gasteiger partial charge < -0.3 is 0 Å². The maximum atomic E-state index is 2.52. The third-order valence-corrected chi connectivity index (χ3v) is 4.88. The highest BCUT2D eigenvalue weighted by atomic mass is 14.5. The van der Waals surface area contributed by atoms with Gasteiger partial charge in [-0.2, -0.15) is 0 Å². The van der Waals surface area contributed by atoms with E-state index in [1.165, 1.54) is 38.5 Å². The van der Waals surface area contributed by atoms with Crippen LogP contribution >= 0.6 is 0 Å². The van der Waals surface area contributed by atoms with Gasteiger partial charge in [0.05, 0.1) is 0 Å². The number of hydrogen-bond acceptors (Lipinski definition) is 0. The normalized spacial score (nSPS) is 27.1. The molecule has 122 valence electrons. The minimum Gasteiger partial charge on any atom is -0.0656 e. The minimum absolute atomic E-state index is 0.464. The van der Waals surface area contributed by atoms with Crippen LogP contribution in [0, 0.1) is 28.6 Å². The maximum absolute atomic E-state index is 2.52. The Morgan fingerprint density at radius 3 is 1.65 bits per heavy atom. The van der Waals surface area contributed by atoms with Crippen molar-refractivity contribution in [1.29, 1.82) is 0 Å². The highest BCUT2D eigenvalue weighted by Gasteiger charge is 2.42. The lowest BCUT2D eigenvalue weighted by Gasteiger charge is -2.40. The molecule has 1 rings (SSSR count). The van der Waals surface area contributed by atoms with Crippen molar-refractivity contribution in [2.75, 3.05) is 0 Å². The van der Waals surface area contributed by atoms with Crippen LogP contribution in [0.25, 0.3) is 0 Å². The number of hydrogen-bond donors (Lipinski definition) is 0. The first-order chi connectivity index (χ1) is 9.11. The van der Waals surface area contributed by atoms with Crippen molar-refractivity contribution < 1.29 is 0 Å². The van der Waals surface area contributed by atoms with Crippen LogP contribution in [0.3, 0.4) is 0 Å². The molecule has 0 bridgehead atoms. The fraction of sp³-hybridized carbons (Fsp3) is 1.00. The zero-order valence-electron chi connectivity index (χ0n) is 16.0. The molecule has 0 radical (unpaired) electrons. The van der Waals surface area contributed by atoms with Gasteiger partial charge >= 0.3 is 0 Å². The summed E-state index contributed by atoms with van der Waals surface area (Å²) in [5.74, 6) is 2.94. The summed E-state index contributed by atoms with van der Waals surface area (Å²) in [5.41, 5.74) is 0.981. The molecule has 0 spiro atoms. The van der Waals surface area contributed by atoms with Crippen LogP contribution in [-0.2, 0) is 0 Å². The van der Waals surface area contributed by atoms with Gasteiger partial charge in [0.15, 0.2) is 0 Å². The summed E-state index contributed by atoms with van der Waals surface area (Å²) >= 11 is 0. The van der Waals surface area contributed by atoms with Crippen molar-refractivity contribution in [3.8, 4) is 0 Å². The molecular formula is C20H42. The molecule has 1 fully saturated rings. The molecule has 0 heteroatoms. The molecule has 3 atom stereocenters. The van der Waals surface area contributed by atoms with Crippen molar-refractivity contribution >= 4 is 0 Å². The predicted molar refractivity (Wildman–Crippen MR) is 94.1 cm³/mol. The van der Waals surface area contributed by atoms with Crippen molar-refractivity contribution in [2.24, 2.45) is 28.6 Å². The summed E-state index contributed by atoms with van der Waals surface area (Å²) in [6.45, 7) is 21.2. The highest BCUT2D eigenvalue weighted by molar-refractivity contribution is 4.92. The largest absolute Gasteiger partial charge is 0.0656 e. The van der Waals surface area contributed by atoms with E-state index in [1.54, 1.807) is 0 Å². The molecule has 20 heavy (non-hydrogen) atoms. The molecule has 0 N–H and O–H groups in total. The standard InChI is InChI=1S/C17H34.C3H8/c1-8-13-10-14(9-2)15(11-13)17(6,7)12-16(3,4)5;1-3-2/h13-15H,8-12H2,1-7H3;3H2,1-2H3. The molecule has 1 aliphatic carbocycles. The summed E-state index contributed by atoms with van der Waals surface area (Å²) in [7, 11) is 0. The monoisotopic (exact) mass is 282 g/mol. The summed E-state index contributed by atoms with van der Waals surface area (Å²) in [6, 6.07) is 0. The Bertz CT molecular complexity index is 243. The zero-order valence-corrected chi connectivity index (χ0v) is 16.0. The third kappa shape index (κ3) is 6.64. The van der Waals surface area contributed by atoms with Crippen LogP contribution in [0.15, 0.2) is 0 Å². The Balaban J connectivity index is 0.00000110. The van der Waals surface area contributed by atoms with Gasteiger partial charge in [-0.3, -0.25) is 0 Å². The van der Waals surface area contributed by atoms with Crippen LogP contribution in [-0.4, -0.2) is 0 Å². The Labute approximate surface area is 130 Å². The predicted octanol–water partition coefficient (Wildman–Crippen LogP) is 7.33. The van der Waals surface area contributed by atoms with E-state index in [0.29, 0.717) is 10.8 Å². The molecular weight excluding hydrogens is 240 g/mol. The molecule has 0 amide bonds. The van der Waals surface area contributed by atoms with Gasteiger partial charge in [-0.1, -0.05) is 81.6 Å². The topological polar surface area (TPSA) is 0 Å². The lowest BCUT2D eigenvalue weighted by atomic mass is 9.65. The van der Waals surface area contributed by atoms with Gasteiger partial charge in [-0.25, -0.2) is 0 Å². The minimum atomic E-state index is 0.464. The second kappa shape index (κ2) is 8.44. The van der Waals surface area contributed by atoms with Gasteiger partial charge in [0, 0.05) is 0 Å². The Morgan fingerprint density at radius 1 is 0.800 bits per heavy atom. The van der Waals surface area contributed by atoms with Crippen LogP contribution in [0.2, 0.25) is 0 Å². The van der Waals surface area contributed by atoms with Crippen LogP contribution in [0.5, 0.6) is 0 Å². The van der Waals surface area contributed by atoms with Crippen LogP contribution < -0.4 is 0 Å². The number of rotatable bonds is 4. The van der Waals surface area contributed by atoms with E-state index in [2.05, 4.69) is 62.3 Å². The molecule has 3 unspecified atom stereocenters. The third-order valence-electron chi connectivity index (χ3n) is 4.88. The lowest BCUT2D eigenvalue weighted by Crippen LogP contribution is -2.31. The summed E-state index contributed by atoms with van der Waals surface area (Å²) in [4.78, 5) is 0. The smallest absolute Gasteiger partial charge is 0.0318 e. The van der Waals surface area contributed by atoms with Crippen LogP contribution in [0.1, 0.15) is 101 Å². The second-order valence-corrected chi connectivity index (χ2v) is 8.95. The van der Waals surface area contributed by atoms with Gasteiger partial charge in [0.2, 0.25) is 0 Å². The fourth-order valence-electron chi connectivity index (χ4n) is 4.48. The van der Waals surface area contributed by atoms with E-state index in [4.69, 9.17) is 0 Å². The second-order valence-electron chi connectivity index (χ2n) is 8.95. The molecule has 0 aliphatic heterocycles. The highest BCUT2D eigenvalue weighted by Crippen LogP contribution is 2.52. The molecule has 1 aliphatic rings. The fourth-order valence-corrected chi connectivity index (χ4v) is 4.48. The van der Waals surface area contributed by atoms with E-state index < -0.39 is 0 Å². The molecule has 0 heterocycles. The van der Waals surface area contributed by atoms with Crippen molar-refractivity contribution in [3.63, 3.8) is 0 Å². The zero-order chi connectivity index (χ0) is 16.0. The van der Waals surface area contributed by atoms with E-state index >= 15 is 0 Å². The van der Waals surface area contributed by atoms with Gasteiger partial charge in [-0.15, -0.1) is 0 Å². The molecule has 0 saturated heterocycles. The Kier molecular flexibility index (Phi) is 8.44. The Hall–Kier alpha value is 0.